The number of aromatic nitrogens is 1. The molecule has 4 rings (SSSR count). The predicted octanol–water partition coefficient (Wildman–Crippen LogP) is 3.88. The van der Waals surface area contributed by atoms with E-state index in [-0.39, 0.29) is 0 Å². The molecule has 1 aliphatic rings. The molecule has 22 heavy (non-hydrogen) atoms. The summed E-state index contributed by atoms with van der Waals surface area (Å²) in [5.41, 5.74) is 1.79. The van der Waals surface area contributed by atoms with Crippen molar-refractivity contribution in [2.45, 2.75) is 6.29 Å². The lowest BCUT2D eigenvalue weighted by molar-refractivity contribution is -0.0400. The van der Waals surface area contributed by atoms with E-state index < -0.39 is 6.29 Å². The molecule has 0 atom stereocenters. The number of nitrogens with zero attached hydrogens (tertiary/aromatic N) is 2. The second-order valence-corrected chi connectivity index (χ2v) is 4.77. The normalized spacial score (nSPS) is 13.8. The minimum atomic E-state index is -0.584. The fourth-order valence-corrected chi connectivity index (χ4v) is 2.37. The molecule has 1 aromatic carbocycles. The average Bonchev–Trinajstić information content (AvgIpc) is 3.24. The molecule has 0 spiro atoms. The molecule has 0 fully saturated rings. The van der Waals surface area contributed by atoms with Crippen LogP contribution in [0.4, 0.5) is 0 Å². The van der Waals surface area contributed by atoms with Crippen LogP contribution in [-0.4, -0.2) is 4.98 Å². The first-order valence-corrected chi connectivity index (χ1v) is 6.71. The van der Waals surface area contributed by atoms with Crippen LogP contribution in [0, 0.1) is 11.3 Å². The third-order valence-corrected chi connectivity index (χ3v) is 3.40. The summed E-state index contributed by atoms with van der Waals surface area (Å²) in [5.74, 6) is 1.04. The highest BCUT2D eigenvalue weighted by Crippen LogP contribution is 2.31. The van der Waals surface area contributed by atoms with Crippen LogP contribution < -0.4 is 0 Å². The molecule has 1 aliphatic heterocycles. The Balaban J connectivity index is 1.81. The van der Waals surface area contributed by atoms with Gasteiger partial charge in [-0.1, -0.05) is 18.2 Å². The van der Waals surface area contributed by atoms with Crippen LogP contribution in [0.15, 0.2) is 59.4 Å². The summed E-state index contributed by atoms with van der Waals surface area (Å²) < 4.78 is 16.2. The molecule has 0 unspecified atom stereocenters. The molecule has 106 valence electrons. The Kier molecular flexibility index (Phi) is 2.80. The Morgan fingerprint density at radius 3 is 2.68 bits per heavy atom. The minimum Gasteiger partial charge on any atom is -0.452 e. The smallest absolute Gasteiger partial charge is 0.299 e. The fraction of sp³-hybridized carbons (Fsp3) is 0.0588. The number of para-hydroxylation sites is 1. The van der Waals surface area contributed by atoms with Gasteiger partial charge in [-0.25, -0.2) is 4.98 Å². The number of fused-ring (bicyclic) bond motifs is 1. The molecule has 5 nitrogen and oxygen atoms in total. The van der Waals surface area contributed by atoms with E-state index in [9.17, 15) is 5.26 Å². The van der Waals surface area contributed by atoms with Crippen LogP contribution >= 0.6 is 0 Å². The predicted molar refractivity (Wildman–Crippen MR) is 78.2 cm³/mol. The second-order valence-electron chi connectivity index (χ2n) is 4.77. The number of nitriles is 1. The number of hydrogen-bond donors (Lipinski definition) is 0. The van der Waals surface area contributed by atoms with Gasteiger partial charge < -0.3 is 13.9 Å². The monoisotopic (exact) mass is 290 g/mol. The lowest BCUT2D eigenvalue weighted by Gasteiger charge is -2.06. The van der Waals surface area contributed by atoms with E-state index in [2.05, 4.69) is 11.1 Å². The van der Waals surface area contributed by atoms with Crippen molar-refractivity contribution in [1.29, 1.82) is 5.26 Å². The summed E-state index contributed by atoms with van der Waals surface area (Å²) in [6.45, 7) is 0. The zero-order chi connectivity index (χ0) is 14.9. The molecule has 0 amide bonds. The Labute approximate surface area is 126 Å². The molecular weight excluding hydrogens is 280 g/mol. The van der Waals surface area contributed by atoms with Gasteiger partial charge in [0.15, 0.2) is 11.5 Å². The fourth-order valence-electron chi connectivity index (χ4n) is 2.37. The highest BCUT2D eigenvalue weighted by atomic mass is 16.7. The van der Waals surface area contributed by atoms with Gasteiger partial charge in [-0.15, -0.1) is 0 Å². The molecule has 2 aromatic heterocycles. The maximum Gasteiger partial charge on any atom is 0.299 e. The van der Waals surface area contributed by atoms with Crippen molar-refractivity contribution < 1.29 is 13.9 Å². The highest BCUT2D eigenvalue weighted by Gasteiger charge is 2.21. The number of pyridine rings is 1. The highest BCUT2D eigenvalue weighted by molar-refractivity contribution is 5.83. The lowest BCUT2D eigenvalue weighted by atomic mass is 10.1. The lowest BCUT2D eigenvalue weighted by Crippen LogP contribution is -1.95. The first-order chi connectivity index (χ1) is 10.8. The van der Waals surface area contributed by atoms with E-state index in [1.54, 1.807) is 12.1 Å². The van der Waals surface area contributed by atoms with Crippen molar-refractivity contribution in [3.8, 4) is 17.5 Å². The van der Waals surface area contributed by atoms with Gasteiger partial charge in [0.2, 0.25) is 0 Å². The van der Waals surface area contributed by atoms with Gasteiger partial charge in [0.05, 0.1) is 11.1 Å². The Morgan fingerprint density at radius 2 is 1.86 bits per heavy atom. The van der Waals surface area contributed by atoms with Gasteiger partial charge in [-0.05, 0) is 24.3 Å². The van der Waals surface area contributed by atoms with Crippen molar-refractivity contribution in [3.63, 3.8) is 0 Å². The van der Waals surface area contributed by atoms with Crippen molar-refractivity contribution in [3.05, 3.63) is 66.3 Å². The molecular formula is C17H10N2O3. The molecule has 3 aromatic rings. The topological polar surface area (TPSA) is 68.3 Å². The molecule has 0 radical (unpaired) electrons. The zero-order valence-electron chi connectivity index (χ0n) is 11.4. The summed E-state index contributed by atoms with van der Waals surface area (Å²) in [7, 11) is 0. The van der Waals surface area contributed by atoms with Gasteiger partial charge in [-0.2, -0.15) is 5.26 Å². The second kappa shape index (κ2) is 4.93. The molecule has 0 aliphatic carbocycles. The molecule has 0 saturated heterocycles. The summed E-state index contributed by atoms with van der Waals surface area (Å²) in [4.78, 5) is 4.54. The van der Waals surface area contributed by atoms with Gasteiger partial charge in [0.1, 0.15) is 24.3 Å². The molecule has 0 saturated carbocycles. The van der Waals surface area contributed by atoms with Crippen LogP contribution in [0.2, 0.25) is 0 Å². The SMILES string of the molecule is N#Cc1cc2ccccc2nc1-c1ccc(C2OC=CO2)o1. The van der Waals surface area contributed by atoms with E-state index in [1.807, 2.05) is 30.3 Å². The van der Waals surface area contributed by atoms with Gasteiger partial charge in [0, 0.05) is 5.39 Å². The van der Waals surface area contributed by atoms with E-state index in [0.717, 1.165) is 10.9 Å². The summed E-state index contributed by atoms with van der Waals surface area (Å²) in [6, 6.07) is 15.1. The van der Waals surface area contributed by atoms with Crippen LogP contribution in [0.25, 0.3) is 22.4 Å². The third kappa shape index (κ3) is 1.98. The van der Waals surface area contributed by atoms with Crippen LogP contribution in [-0.2, 0) is 9.47 Å². The van der Waals surface area contributed by atoms with Crippen molar-refractivity contribution in [1.82, 2.24) is 4.98 Å². The number of rotatable bonds is 2. The van der Waals surface area contributed by atoms with Crippen LogP contribution in [0.5, 0.6) is 0 Å². The van der Waals surface area contributed by atoms with Crippen LogP contribution in [0.3, 0.4) is 0 Å². The van der Waals surface area contributed by atoms with E-state index >= 15 is 0 Å². The Hall–Kier alpha value is -3.26. The number of benzene rings is 1. The summed E-state index contributed by atoms with van der Waals surface area (Å²) >= 11 is 0. The van der Waals surface area contributed by atoms with Gasteiger partial charge >= 0.3 is 0 Å². The third-order valence-electron chi connectivity index (χ3n) is 3.40. The minimum absolute atomic E-state index is 0.464. The summed E-state index contributed by atoms with van der Waals surface area (Å²) in [5, 5.41) is 10.3. The van der Waals surface area contributed by atoms with E-state index in [4.69, 9.17) is 13.9 Å². The molecule has 3 heterocycles. The largest absolute Gasteiger partial charge is 0.452 e. The maximum absolute atomic E-state index is 9.37. The zero-order valence-corrected chi connectivity index (χ0v) is 11.4. The maximum atomic E-state index is 9.37. The van der Waals surface area contributed by atoms with Crippen molar-refractivity contribution in [2.75, 3.05) is 0 Å². The standard InChI is InChI=1S/C17H10N2O3/c18-10-12-9-11-3-1-2-4-13(11)19-16(12)14-5-6-15(22-14)17-20-7-8-21-17/h1-9,17H. The van der Waals surface area contributed by atoms with Gasteiger partial charge in [0.25, 0.3) is 6.29 Å². The number of hydrogen-bond acceptors (Lipinski definition) is 5. The number of furan rings is 1. The van der Waals surface area contributed by atoms with E-state index in [0.29, 0.717) is 22.8 Å². The quantitative estimate of drug-likeness (QED) is 0.716. The Morgan fingerprint density at radius 1 is 1.05 bits per heavy atom. The number of ether oxygens (including phenoxy) is 2. The molecule has 0 N–H and O–H groups in total. The van der Waals surface area contributed by atoms with Gasteiger partial charge in [-0.3, -0.25) is 0 Å². The van der Waals surface area contributed by atoms with E-state index in [1.165, 1.54) is 12.5 Å². The summed E-state index contributed by atoms with van der Waals surface area (Å²) in [6.07, 6.45) is 2.34. The Bertz CT molecular complexity index is 913. The average molecular weight is 290 g/mol. The first kappa shape index (κ1) is 12.5. The molecule has 0 bridgehead atoms. The first-order valence-electron chi connectivity index (χ1n) is 6.71. The van der Waals surface area contributed by atoms with Crippen molar-refractivity contribution in [2.24, 2.45) is 0 Å². The molecule has 5 heteroatoms. The van der Waals surface area contributed by atoms with Crippen molar-refractivity contribution >= 4 is 10.9 Å². The van der Waals surface area contributed by atoms with Crippen LogP contribution in [0.1, 0.15) is 17.6 Å².